The van der Waals surface area contributed by atoms with Crippen molar-refractivity contribution in [3.05, 3.63) is 94.5 Å². The summed E-state index contributed by atoms with van der Waals surface area (Å²) in [6.07, 6.45) is -0.406. The van der Waals surface area contributed by atoms with Gasteiger partial charge in [0.2, 0.25) is 0 Å². The van der Waals surface area contributed by atoms with Gasteiger partial charge in [-0.25, -0.2) is 4.79 Å². The van der Waals surface area contributed by atoms with E-state index in [0.29, 0.717) is 17.1 Å². The van der Waals surface area contributed by atoms with Gasteiger partial charge in [0.25, 0.3) is 5.91 Å². The summed E-state index contributed by atoms with van der Waals surface area (Å²) in [5, 5.41) is 0.375. The largest absolute Gasteiger partial charge is 0.459 e. The maximum absolute atomic E-state index is 13.1. The number of halogens is 1. The number of benzene rings is 3. The van der Waals surface area contributed by atoms with Crippen LogP contribution in [-0.4, -0.2) is 37.3 Å². The minimum atomic E-state index is -4.31. The highest BCUT2D eigenvalue weighted by molar-refractivity contribution is 7.87. The summed E-state index contributed by atoms with van der Waals surface area (Å²) >= 11 is 6.21. The number of rotatable bonds is 9. The molecule has 36 heavy (non-hydrogen) atoms. The molecule has 0 saturated carbocycles. The Kier molecular flexibility index (Phi) is 8.76. The van der Waals surface area contributed by atoms with Gasteiger partial charge in [-0.1, -0.05) is 48.0 Å². The predicted molar refractivity (Wildman–Crippen MR) is 138 cm³/mol. The molecule has 3 aromatic carbocycles. The zero-order valence-corrected chi connectivity index (χ0v) is 22.0. The number of carbonyl (C=O) groups is 2. The Balaban J connectivity index is 1.78. The fourth-order valence-electron chi connectivity index (χ4n) is 3.43. The average molecular weight is 530 g/mol. The second-order valence-corrected chi connectivity index (χ2v) is 10.6. The minimum Gasteiger partial charge on any atom is -0.459 e. The number of amides is 1. The fraction of sp³-hybridized carbons (Fsp3) is 0.259. The maximum Gasteiger partial charge on any atom is 0.340 e. The minimum absolute atomic E-state index is 0.0688. The van der Waals surface area contributed by atoms with Crippen molar-refractivity contribution < 1.29 is 26.9 Å². The molecular formula is C27H28ClNO6S. The van der Waals surface area contributed by atoms with Gasteiger partial charge in [0.1, 0.15) is 10.6 Å². The Morgan fingerprint density at radius 2 is 1.44 bits per heavy atom. The van der Waals surface area contributed by atoms with Crippen molar-refractivity contribution in [2.75, 3.05) is 0 Å². The molecule has 0 fully saturated rings. The zero-order valence-electron chi connectivity index (χ0n) is 20.5. The first-order chi connectivity index (χ1) is 17.0. The Morgan fingerprint density at radius 1 is 0.861 bits per heavy atom. The average Bonchev–Trinajstić information content (AvgIpc) is 2.82. The van der Waals surface area contributed by atoms with E-state index >= 15 is 0 Å². The van der Waals surface area contributed by atoms with E-state index in [9.17, 15) is 18.0 Å². The van der Waals surface area contributed by atoms with Crippen molar-refractivity contribution in [3.8, 4) is 5.75 Å². The Bertz CT molecular complexity index is 1340. The molecule has 0 unspecified atom stereocenters. The van der Waals surface area contributed by atoms with E-state index in [4.69, 9.17) is 20.5 Å². The lowest BCUT2D eigenvalue weighted by Gasteiger charge is -2.27. The van der Waals surface area contributed by atoms with Crippen LogP contribution in [0.25, 0.3) is 0 Å². The number of hydrogen-bond acceptors (Lipinski definition) is 6. The van der Waals surface area contributed by atoms with Crippen LogP contribution in [0.15, 0.2) is 77.7 Å². The van der Waals surface area contributed by atoms with Crippen molar-refractivity contribution in [1.29, 1.82) is 0 Å². The molecule has 0 heterocycles. The summed E-state index contributed by atoms with van der Waals surface area (Å²) in [5.74, 6) is -0.886. The van der Waals surface area contributed by atoms with E-state index < -0.39 is 22.2 Å². The number of ether oxygens (including phenoxy) is 1. The van der Waals surface area contributed by atoms with E-state index in [1.54, 1.807) is 61.2 Å². The van der Waals surface area contributed by atoms with Gasteiger partial charge in [0.05, 0.1) is 22.3 Å². The lowest BCUT2D eigenvalue weighted by atomic mass is 10.1. The van der Waals surface area contributed by atoms with E-state index in [1.807, 2.05) is 13.8 Å². The predicted octanol–water partition coefficient (Wildman–Crippen LogP) is 5.72. The molecule has 1 amide bonds. The first kappa shape index (κ1) is 27.2. The second kappa shape index (κ2) is 11.6. The van der Waals surface area contributed by atoms with Crippen LogP contribution in [0.5, 0.6) is 5.75 Å². The molecule has 3 rings (SSSR count). The highest BCUT2D eigenvalue weighted by Crippen LogP contribution is 2.24. The molecular weight excluding hydrogens is 502 g/mol. The van der Waals surface area contributed by atoms with Gasteiger partial charge in [-0.3, -0.25) is 4.79 Å². The van der Waals surface area contributed by atoms with Crippen molar-refractivity contribution in [2.24, 2.45) is 0 Å². The van der Waals surface area contributed by atoms with Gasteiger partial charge in [-0.15, -0.1) is 0 Å². The summed E-state index contributed by atoms with van der Waals surface area (Å²) in [6, 6.07) is 18.8. The molecule has 0 aliphatic carbocycles. The first-order valence-corrected chi connectivity index (χ1v) is 13.2. The van der Waals surface area contributed by atoms with Gasteiger partial charge in [0.15, 0.2) is 0 Å². The maximum atomic E-state index is 13.1. The Morgan fingerprint density at radius 3 is 2.03 bits per heavy atom. The topological polar surface area (TPSA) is 90.0 Å². The Labute approximate surface area is 216 Å². The van der Waals surface area contributed by atoms with Crippen LogP contribution < -0.4 is 4.18 Å². The number of carbonyl (C=O) groups excluding carboxylic acids is 2. The molecule has 0 radical (unpaired) electrons. The third-order valence-corrected chi connectivity index (χ3v) is 6.83. The summed E-state index contributed by atoms with van der Waals surface area (Å²) in [7, 11) is -4.31. The molecule has 0 spiro atoms. The van der Waals surface area contributed by atoms with E-state index in [-0.39, 0.29) is 28.2 Å². The molecule has 0 atom stereocenters. The summed E-state index contributed by atoms with van der Waals surface area (Å²) in [4.78, 5) is 26.8. The second-order valence-electron chi connectivity index (χ2n) is 8.64. The number of nitrogens with zero attached hydrogens (tertiary/aromatic N) is 1. The van der Waals surface area contributed by atoms with Crippen LogP contribution >= 0.6 is 11.6 Å². The molecule has 3 aromatic rings. The zero-order chi connectivity index (χ0) is 26.5. The van der Waals surface area contributed by atoms with Crippen LogP contribution in [-0.2, 0) is 21.4 Å². The van der Waals surface area contributed by atoms with Crippen LogP contribution in [0.3, 0.4) is 0 Å². The van der Waals surface area contributed by atoms with Crippen molar-refractivity contribution >= 4 is 33.6 Å². The standard InChI is InChI=1S/C27H28ClNO6S/c1-18(2)29(26(30)22-9-5-7-11-24(22)28)17-20-13-15-21(16-14-20)35-36(32,33)25-12-8-6-10-23(25)27(31)34-19(3)4/h5-16,18-19H,17H2,1-4H3. The molecule has 0 N–H and O–H groups in total. The van der Waals surface area contributed by atoms with Crippen molar-refractivity contribution in [1.82, 2.24) is 4.90 Å². The molecule has 0 bridgehead atoms. The first-order valence-electron chi connectivity index (χ1n) is 11.4. The highest BCUT2D eigenvalue weighted by atomic mass is 35.5. The van der Waals surface area contributed by atoms with Gasteiger partial charge in [0, 0.05) is 12.6 Å². The molecule has 0 aromatic heterocycles. The summed E-state index contributed by atoms with van der Waals surface area (Å²) in [6.45, 7) is 7.45. The normalized spacial score (nSPS) is 11.4. The van der Waals surface area contributed by atoms with Crippen molar-refractivity contribution in [2.45, 2.75) is 51.3 Å². The van der Waals surface area contributed by atoms with Crippen LogP contribution in [0.4, 0.5) is 0 Å². The third kappa shape index (κ3) is 6.65. The lowest BCUT2D eigenvalue weighted by Crippen LogP contribution is -2.36. The van der Waals surface area contributed by atoms with Crippen LogP contribution in [0.2, 0.25) is 5.02 Å². The number of hydrogen-bond donors (Lipinski definition) is 0. The third-order valence-electron chi connectivity index (χ3n) is 5.19. The summed E-state index contributed by atoms with van der Waals surface area (Å²) in [5.41, 5.74) is 1.08. The van der Waals surface area contributed by atoms with E-state index in [2.05, 4.69) is 0 Å². The van der Waals surface area contributed by atoms with Gasteiger partial charge >= 0.3 is 16.1 Å². The number of esters is 1. The Hall–Kier alpha value is -3.36. The van der Waals surface area contributed by atoms with Crippen LogP contribution in [0.1, 0.15) is 54.0 Å². The quantitative estimate of drug-likeness (QED) is 0.260. The molecule has 0 aliphatic heterocycles. The van der Waals surface area contributed by atoms with Crippen LogP contribution in [0, 0.1) is 0 Å². The molecule has 190 valence electrons. The van der Waals surface area contributed by atoms with Gasteiger partial charge < -0.3 is 13.8 Å². The van der Waals surface area contributed by atoms with Gasteiger partial charge in [-0.05, 0) is 69.7 Å². The van der Waals surface area contributed by atoms with Gasteiger partial charge in [-0.2, -0.15) is 8.42 Å². The highest BCUT2D eigenvalue weighted by Gasteiger charge is 2.26. The molecule has 0 aliphatic rings. The van der Waals surface area contributed by atoms with E-state index in [1.165, 1.54) is 30.3 Å². The fourth-order valence-corrected chi connectivity index (χ4v) is 4.76. The van der Waals surface area contributed by atoms with E-state index in [0.717, 1.165) is 5.56 Å². The smallest absolute Gasteiger partial charge is 0.340 e. The molecule has 0 saturated heterocycles. The lowest BCUT2D eigenvalue weighted by molar-refractivity contribution is 0.0372. The molecule has 9 heteroatoms. The molecule has 7 nitrogen and oxygen atoms in total. The summed E-state index contributed by atoms with van der Waals surface area (Å²) < 4.78 is 36.3. The SMILES string of the molecule is CC(C)OC(=O)c1ccccc1S(=O)(=O)Oc1ccc(CN(C(=O)c2ccccc2Cl)C(C)C)cc1. The van der Waals surface area contributed by atoms with Crippen molar-refractivity contribution in [3.63, 3.8) is 0 Å². The monoisotopic (exact) mass is 529 g/mol.